The van der Waals surface area contributed by atoms with Crippen molar-refractivity contribution in [1.29, 1.82) is 0 Å². The lowest BCUT2D eigenvalue weighted by Gasteiger charge is -2.29. The molecule has 20 heavy (non-hydrogen) atoms. The molecule has 0 radical (unpaired) electrons. The molecule has 1 N–H and O–H groups in total. The van der Waals surface area contributed by atoms with Crippen LogP contribution in [0.15, 0.2) is 4.52 Å². The standard InChI is InChI=1S/C15H27N3O2/c1-15(2,3)12(16-4)10-14-17-13(18-20-14)9-11-7-5-6-8-19-11/h11-12,16H,5-10H2,1-4H3. The van der Waals surface area contributed by atoms with Crippen LogP contribution in [-0.2, 0) is 17.6 Å². The Hall–Kier alpha value is -0.940. The van der Waals surface area contributed by atoms with E-state index in [9.17, 15) is 0 Å². The molecule has 2 unspecified atom stereocenters. The number of rotatable bonds is 5. The van der Waals surface area contributed by atoms with Crippen molar-refractivity contribution in [2.75, 3.05) is 13.7 Å². The van der Waals surface area contributed by atoms with Crippen molar-refractivity contribution in [3.05, 3.63) is 11.7 Å². The first-order valence-corrected chi connectivity index (χ1v) is 7.59. The lowest BCUT2D eigenvalue weighted by Crippen LogP contribution is -2.39. The Balaban J connectivity index is 1.91. The van der Waals surface area contributed by atoms with Crippen molar-refractivity contribution in [3.8, 4) is 0 Å². The maximum absolute atomic E-state index is 5.71. The van der Waals surface area contributed by atoms with Crippen LogP contribution in [0.2, 0.25) is 0 Å². The lowest BCUT2D eigenvalue weighted by molar-refractivity contribution is 0.0153. The molecule has 0 aliphatic carbocycles. The van der Waals surface area contributed by atoms with Gasteiger partial charge in [0.2, 0.25) is 5.89 Å². The first kappa shape index (κ1) is 15.4. The zero-order valence-corrected chi connectivity index (χ0v) is 13.1. The summed E-state index contributed by atoms with van der Waals surface area (Å²) in [6, 6.07) is 0.321. The van der Waals surface area contributed by atoms with Crippen molar-refractivity contribution in [2.45, 2.75) is 65.0 Å². The van der Waals surface area contributed by atoms with Crippen molar-refractivity contribution in [3.63, 3.8) is 0 Å². The van der Waals surface area contributed by atoms with E-state index in [4.69, 9.17) is 9.26 Å². The van der Waals surface area contributed by atoms with E-state index in [-0.39, 0.29) is 11.5 Å². The van der Waals surface area contributed by atoms with Crippen LogP contribution in [0.3, 0.4) is 0 Å². The summed E-state index contributed by atoms with van der Waals surface area (Å²) in [7, 11) is 1.98. The van der Waals surface area contributed by atoms with Crippen LogP contribution in [0.4, 0.5) is 0 Å². The van der Waals surface area contributed by atoms with E-state index in [0.717, 1.165) is 31.7 Å². The second-order valence-electron chi connectivity index (χ2n) is 6.71. The van der Waals surface area contributed by atoms with Crippen LogP contribution in [0.5, 0.6) is 0 Å². The van der Waals surface area contributed by atoms with Gasteiger partial charge in [-0.2, -0.15) is 4.98 Å². The Morgan fingerprint density at radius 3 is 2.75 bits per heavy atom. The van der Waals surface area contributed by atoms with Crippen LogP contribution in [0, 0.1) is 5.41 Å². The highest BCUT2D eigenvalue weighted by Crippen LogP contribution is 2.22. The first-order valence-electron chi connectivity index (χ1n) is 7.59. The molecule has 114 valence electrons. The van der Waals surface area contributed by atoms with E-state index < -0.39 is 0 Å². The maximum Gasteiger partial charge on any atom is 0.228 e. The van der Waals surface area contributed by atoms with Crippen LogP contribution >= 0.6 is 0 Å². The van der Waals surface area contributed by atoms with Crippen LogP contribution in [0.25, 0.3) is 0 Å². The average molecular weight is 281 g/mol. The average Bonchev–Trinajstić information content (AvgIpc) is 2.83. The number of hydrogen-bond acceptors (Lipinski definition) is 5. The van der Waals surface area contributed by atoms with Gasteiger partial charge in [-0.3, -0.25) is 0 Å². The lowest BCUT2D eigenvalue weighted by atomic mass is 9.85. The van der Waals surface area contributed by atoms with Crippen LogP contribution in [0.1, 0.15) is 51.7 Å². The minimum Gasteiger partial charge on any atom is -0.378 e. The van der Waals surface area contributed by atoms with E-state index in [2.05, 4.69) is 36.2 Å². The summed E-state index contributed by atoms with van der Waals surface area (Å²) in [5.74, 6) is 1.49. The molecule has 0 amide bonds. The molecule has 0 bridgehead atoms. The van der Waals surface area contributed by atoms with Gasteiger partial charge in [0.05, 0.1) is 6.10 Å². The fraction of sp³-hybridized carbons (Fsp3) is 0.867. The van der Waals surface area contributed by atoms with Gasteiger partial charge in [-0.1, -0.05) is 25.9 Å². The largest absolute Gasteiger partial charge is 0.378 e. The van der Waals surface area contributed by atoms with Crippen LogP contribution in [-0.4, -0.2) is 35.9 Å². The fourth-order valence-electron chi connectivity index (χ4n) is 2.64. The summed E-state index contributed by atoms with van der Waals surface area (Å²) >= 11 is 0. The number of nitrogens with zero attached hydrogens (tertiary/aromatic N) is 2. The van der Waals surface area contributed by atoms with Gasteiger partial charge in [-0.15, -0.1) is 0 Å². The summed E-state index contributed by atoms with van der Waals surface area (Å²) in [5, 5.41) is 7.41. The molecule has 1 aromatic heterocycles. The van der Waals surface area contributed by atoms with E-state index >= 15 is 0 Å². The molecular formula is C15H27N3O2. The molecule has 0 saturated carbocycles. The molecule has 1 aliphatic heterocycles. The van der Waals surface area contributed by atoms with Gasteiger partial charge in [0.15, 0.2) is 5.82 Å². The Labute approximate surface area is 121 Å². The third-order valence-electron chi connectivity index (χ3n) is 3.97. The molecule has 2 atom stereocenters. The fourth-order valence-corrected chi connectivity index (χ4v) is 2.64. The van der Waals surface area contributed by atoms with Gasteiger partial charge in [-0.25, -0.2) is 0 Å². The first-order chi connectivity index (χ1) is 9.49. The van der Waals surface area contributed by atoms with E-state index in [1.54, 1.807) is 0 Å². The Kier molecular flexibility index (Phi) is 5.16. The van der Waals surface area contributed by atoms with Gasteiger partial charge >= 0.3 is 0 Å². The molecule has 0 spiro atoms. The summed E-state index contributed by atoms with van der Waals surface area (Å²) in [4.78, 5) is 4.51. The molecule has 1 fully saturated rings. The minimum absolute atomic E-state index is 0.163. The van der Waals surface area contributed by atoms with Crippen LogP contribution < -0.4 is 5.32 Å². The Bertz CT molecular complexity index is 405. The van der Waals surface area contributed by atoms with Gasteiger partial charge in [0, 0.05) is 25.5 Å². The SMILES string of the molecule is CNC(Cc1nc(CC2CCCCO2)no1)C(C)(C)C. The third kappa shape index (κ3) is 4.28. The van der Waals surface area contributed by atoms with Crippen molar-refractivity contribution < 1.29 is 9.26 Å². The van der Waals surface area contributed by atoms with E-state index in [1.165, 1.54) is 12.8 Å². The number of hydrogen-bond donors (Lipinski definition) is 1. The quantitative estimate of drug-likeness (QED) is 0.897. The Morgan fingerprint density at radius 1 is 1.35 bits per heavy atom. The summed E-state index contributed by atoms with van der Waals surface area (Å²) < 4.78 is 11.1. The molecule has 5 nitrogen and oxygen atoms in total. The molecule has 0 aromatic carbocycles. The highest BCUT2D eigenvalue weighted by atomic mass is 16.5. The second kappa shape index (κ2) is 6.68. The molecule has 1 aliphatic rings. The number of nitrogens with one attached hydrogen (secondary N) is 1. The topological polar surface area (TPSA) is 60.2 Å². The summed E-state index contributed by atoms with van der Waals surface area (Å²) in [6.45, 7) is 7.49. The molecule has 2 heterocycles. The normalized spacial score (nSPS) is 21.9. The number of likely N-dealkylation sites (N-methyl/N-ethyl adjacent to an activating group) is 1. The predicted molar refractivity (Wildman–Crippen MR) is 77.6 cm³/mol. The van der Waals surface area contributed by atoms with E-state index in [0.29, 0.717) is 11.9 Å². The van der Waals surface area contributed by atoms with Gasteiger partial charge in [-0.05, 0) is 31.7 Å². The summed E-state index contributed by atoms with van der Waals surface area (Å²) in [5.41, 5.74) is 0.163. The van der Waals surface area contributed by atoms with E-state index in [1.807, 2.05) is 7.05 Å². The summed E-state index contributed by atoms with van der Waals surface area (Å²) in [6.07, 6.45) is 5.30. The maximum atomic E-state index is 5.71. The molecular weight excluding hydrogens is 254 g/mol. The molecule has 2 rings (SSSR count). The van der Waals surface area contributed by atoms with Gasteiger partial charge in [0.25, 0.3) is 0 Å². The highest BCUT2D eigenvalue weighted by molar-refractivity contribution is 4.94. The minimum atomic E-state index is 0.163. The van der Waals surface area contributed by atoms with Crippen molar-refractivity contribution in [2.24, 2.45) is 5.41 Å². The highest BCUT2D eigenvalue weighted by Gasteiger charge is 2.26. The van der Waals surface area contributed by atoms with Gasteiger partial charge in [0.1, 0.15) is 0 Å². The number of ether oxygens (including phenoxy) is 1. The van der Waals surface area contributed by atoms with Gasteiger partial charge < -0.3 is 14.6 Å². The smallest absolute Gasteiger partial charge is 0.228 e. The zero-order valence-electron chi connectivity index (χ0n) is 13.1. The molecule has 5 heteroatoms. The molecule has 1 aromatic rings. The molecule has 1 saturated heterocycles. The number of aromatic nitrogens is 2. The predicted octanol–water partition coefficient (Wildman–Crippen LogP) is 2.36. The monoisotopic (exact) mass is 281 g/mol. The Morgan fingerprint density at radius 2 is 2.15 bits per heavy atom. The zero-order chi connectivity index (χ0) is 14.6. The van der Waals surface area contributed by atoms with Crippen molar-refractivity contribution in [1.82, 2.24) is 15.5 Å². The second-order valence-corrected chi connectivity index (χ2v) is 6.71. The third-order valence-corrected chi connectivity index (χ3v) is 3.97. The van der Waals surface area contributed by atoms with Crippen molar-refractivity contribution >= 4 is 0 Å².